The zero-order valence-electron chi connectivity index (χ0n) is 12.6. The first-order valence-electron chi connectivity index (χ1n) is 7.24. The third kappa shape index (κ3) is 3.91. The first-order valence-corrected chi connectivity index (χ1v) is 8.81. The maximum Gasteiger partial charge on any atom is 0.186 e. The fourth-order valence-electron chi connectivity index (χ4n) is 2.19. The number of aromatic nitrogens is 1. The molecule has 0 saturated heterocycles. The third-order valence-electron chi connectivity index (χ3n) is 3.41. The molecular weight excluding hydrogens is 323 g/mol. The van der Waals surface area contributed by atoms with Gasteiger partial charge < -0.3 is 4.90 Å². The van der Waals surface area contributed by atoms with Gasteiger partial charge >= 0.3 is 0 Å². The van der Waals surface area contributed by atoms with E-state index in [-0.39, 0.29) is 0 Å². The SMILES string of the molecule is CCCCN(CC)c1nc(-c2ccc(Cl)cc2Cl)c(C)s1. The monoisotopic (exact) mass is 342 g/mol. The molecule has 0 amide bonds. The highest BCUT2D eigenvalue weighted by molar-refractivity contribution is 7.16. The molecule has 0 unspecified atom stereocenters. The van der Waals surface area contributed by atoms with E-state index in [9.17, 15) is 0 Å². The number of hydrogen-bond acceptors (Lipinski definition) is 3. The Balaban J connectivity index is 2.34. The predicted octanol–water partition coefficient (Wildman–Crippen LogP) is 6.05. The first kappa shape index (κ1) is 16.6. The standard InChI is InChI=1S/C16H20Cl2N2S/c1-4-6-9-20(5-2)16-19-15(11(3)21-16)13-8-7-12(17)10-14(13)18/h7-8,10H,4-6,9H2,1-3H3. The first-order chi connectivity index (χ1) is 10.1. The molecule has 0 radical (unpaired) electrons. The number of nitrogens with zero attached hydrogens (tertiary/aromatic N) is 2. The van der Waals surface area contributed by atoms with Crippen LogP contribution in [0.4, 0.5) is 5.13 Å². The summed E-state index contributed by atoms with van der Waals surface area (Å²) in [5.74, 6) is 0. The third-order valence-corrected chi connectivity index (χ3v) is 4.98. The highest BCUT2D eigenvalue weighted by Crippen LogP contribution is 2.36. The van der Waals surface area contributed by atoms with Gasteiger partial charge in [-0.1, -0.05) is 36.5 Å². The van der Waals surface area contributed by atoms with E-state index in [0.29, 0.717) is 10.0 Å². The highest BCUT2D eigenvalue weighted by atomic mass is 35.5. The van der Waals surface area contributed by atoms with E-state index in [1.165, 1.54) is 17.7 Å². The van der Waals surface area contributed by atoms with Gasteiger partial charge in [0.25, 0.3) is 0 Å². The molecule has 0 aliphatic rings. The van der Waals surface area contributed by atoms with Crippen LogP contribution in [0.5, 0.6) is 0 Å². The largest absolute Gasteiger partial charge is 0.348 e. The van der Waals surface area contributed by atoms with E-state index < -0.39 is 0 Å². The van der Waals surface area contributed by atoms with Crippen molar-refractivity contribution in [3.05, 3.63) is 33.1 Å². The molecule has 0 saturated carbocycles. The summed E-state index contributed by atoms with van der Waals surface area (Å²) in [5, 5.41) is 2.37. The van der Waals surface area contributed by atoms with Crippen LogP contribution in [0.1, 0.15) is 31.6 Å². The molecule has 114 valence electrons. The quantitative estimate of drug-likeness (QED) is 0.634. The van der Waals surface area contributed by atoms with Gasteiger partial charge in [-0.25, -0.2) is 4.98 Å². The number of hydrogen-bond donors (Lipinski definition) is 0. The second-order valence-corrected chi connectivity index (χ2v) is 6.98. The number of halogens is 2. The van der Waals surface area contributed by atoms with Gasteiger partial charge in [-0.05, 0) is 38.5 Å². The Bertz CT molecular complexity index is 610. The highest BCUT2D eigenvalue weighted by Gasteiger charge is 2.16. The fourth-order valence-corrected chi connectivity index (χ4v) is 3.70. The van der Waals surface area contributed by atoms with Crippen molar-refractivity contribution in [1.29, 1.82) is 0 Å². The van der Waals surface area contributed by atoms with Crippen LogP contribution >= 0.6 is 34.5 Å². The van der Waals surface area contributed by atoms with Crippen molar-refractivity contribution in [2.45, 2.75) is 33.6 Å². The van der Waals surface area contributed by atoms with Crippen molar-refractivity contribution in [2.75, 3.05) is 18.0 Å². The lowest BCUT2D eigenvalue weighted by atomic mass is 10.1. The van der Waals surface area contributed by atoms with E-state index in [2.05, 4.69) is 25.7 Å². The van der Waals surface area contributed by atoms with Gasteiger partial charge in [0.2, 0.25) is 0 Å². The van der Waals surface area contributed by atoms with E-state index in [4.69, 9.17) is 28.2 Å². The molecule has 2 nitrogen and oxygen atoms in total. The lowest BCUT2D eigenvalue weighted by Crippen LogP contribution is -2.23. The van der Waals surface area contributed by atoms with Crippen LogP contribution in [0, 0.1) is 6.92 Å². The zero-order chi connectivity index (χ0) is 15.4. The molecule has 1 aromatic carbocycles. The second kappa shape index (κ2) is 7.48. The molecule has 5 heteroatoms. The molecule has 0 fully saturated rings. The van der Waals surface area contributed by atoms with E-state index >= 15 is 0 Å². The summed E-state index contributed by atoms with van der Waals surface area (Å²) in [5.41, 5.74) is 1.92. The van der Waals surface area contributed by atoms with Crippen LogP contribution in [0.2, 0.25) is 10.0 Å². The van der Waals surface area contributed by atoms with Gasteiger partial charge in [-0.15, -0.1) is 11.3 Å². The average molecular weight is 343 g/mol. The smallest absolute Gasteiger partial charge is 0.186 e. The van der Waals surface area contributed by atoms with Crippen LogP contribution in [-0.4, -0.2) is 18.1 Å². The van der Waals surface area contributed by atoms with Gasteiger partial charge in [-0.3, -0.25) is 0 Å². The van der Waals surface area contributed by atoms with Crippen LogP contribution in [-0.2, 0) is 0 Å². The summed E-state index contributed by atoms with van der Waals surface area (Å²) in [6.45, 7) is 8.49. The molecular formula is C16H20Cl2N2S. The molecule has 21 heavy (non-hydrogen) atoms. The normalized spacial score (nSPS) is 10.9. The molecule has 0 N–H and O–H groups in total. The van der Waals surface area contributed by atoms with Crippen molar-refractivity contribution in [1.82, 2.24) is 4.98 Å². The number of rotatable bonds is 6. The molecule has 2 rings (SSSR count). The van der Waals surface area contributed by atoms with Crippen LogP contribution in [0.25, 0.3) is 11.3 Å². The Morgan fingerprint density at radius 2 is 2.00 bits per heavy atom. The summed E-state index contributed by atoms with van der Waals surface area (Å²) in [6, 6.07) is 5.57. The molecule has 0 aliphatic carbocycles. The zero-order valence-corrected chi connectivity index (χ0v) is 14.9. The second-order valence-electron chi connectivity index (χ2n) is 4.96. The molecule has 0 bridgehead atoms. The minimum absolute atomic E-state index is 0.648. The lowest BCUT2D eigenvalue weighted by molar-refractivity contribution is 0.730. The molecule has 1 aromatic heterocycles. The van der Waals surface area contributed by atoms with E-state index in [0.717, 1.165) is 29.5 Å². The van der Waals surface area contributed by atoms with Crippen molar-refractivity contribution in [3.63, 3.8) is 0 Å². The molecule has 1 heterocycles. The minimum atomic E-state index is 0.648. The van der Waals surface area contributed by atoms with E-state index in [1.807, 2.05) is 12.1 Å². The number of aryl methyl sites for hydroxylation is 1. The molecule has 0 atom stereocenters. The maximum atomic E-state index is 6.31. The topological polar surface area (TPSA) is 16.1 Å². The molecule has 2 aromatic rings. The molecule has 0 spiro atoms. The van der Waals surface area contributed by atoms with Gasteiger partial charge in [0.1, 0.15) is 0 Å². The average Bonchev–Trinajstić information content (AvgIpc) is 2.81. The van der Waals surface area contributed by atoms with Crippen LogP contribution < -0.4 is 4.90 Å². The Morgan fingerprint density at radius 3 is 2.62 bits per heavy atom. The van der Waals surface area contributed by atoms with Crippen molar-refractivity contribution in [2.24, 2.45) is 0 Å². The lowest BCUT2D eigenvalue weighted by Gasteiger charge is -2.19. The summed E-state index contributed by atoms with van der Waals surface area (Å²) in [7, 11) is 0. The maximum absolute atomic E-state index is 6.31. The Hall–Kier alpha value is -0.770. The van der Waals surface area contributed by atoms with Crippen LogP contribution in [0.15, 0.2) is 18.2 Å². The minimum Gasteiger partial charge on any atom is -0.348 e. The van der Waals surface area contributed by atoms with Crippen molar-refractivity contribution < 1.29 is 0 Å². The summed E-state index contributed by atoms with van der Waals surface area (Å²) in [6.07, 6.45) is 2.38. The number of anilines is 1. The number of unbranched alkanes of at least 4 members (excludes halogenated alkanes) is 1. The van der Waals surface area contributed by atoms with Gasteiger partial charge in [-0.2, -0.15) is 0 Å². The summed E-state index contributed by atoms with van der Waals surface area (Å²) < 4.78 is 0. The predicted molar refractivity (Wildman–Crippen MR) is 95.1 cm³/mol. The van der Waals surface area contributed by atoms with Gasteiger partial charge in [0, 0.05) is 28.6 Å². The Kier molecular flexibility index (Phi) is 5.91. The Morgan fingerprint density at radius 1 is 1.24 bits per heavy atom. The number of thiazole rings is 1. The van der Waals surface area contributed by atoms with E-state index in [1.54, 1.807) is 17.4 Å². The number of benzene rings is 1. The van der Waals surface area contributed by atoms with Crippen molar-refractivity contribution in [3.8, 4) is 11.3 Å². The van der Waals surface area contributed by atoms with Gasteiger partial charge in [0.15, 0.2) is 5.13 Å². The Labute approximate surface area is 140 Å². The fraction of sp³-hybridized carbons (Fsp3) is 0.438. The van der Waals surface area contributed by atoms with Crippen LogP contribution in [0.3, 0.4) is 0 Å². The van der Waals surface area contributed by atoms with Crippen molar-refractivity contribution >= 4 is 39.7 Å². The summed E-state index contributed by atoms with van der Waals surface area (Å²) in [4.78, 5) is 8.32. The molecule has 0 aliphatic heterocycles. The summed E-state index contributed by atoms with van der Waals surface area (Å²) >= 11 is 14.0. The van der Waals surface area contributed by atoms with Gasteiger partial charge in [0.05, 0.1) is 10.7 Å².